The molecule has 0 aliphatic carbocycles. The molecule has 0 aromatic carbocycles. The van der Waals surface area contributed by atoms with Crippen LogP contribution in [0.2, 0.25) is 24.8 Å². The number of pyridine rings is 2. The van der Waals surface area contributed by atoms with Gasteiger partial charge in [-0.3, -0.25) is 4.79 Å². The number of nitrogens with one attached hydrogen (secondary N) is 1. The molecule has 2 aromatic heterocycles. The molecule has 8 nitrogen and oxygen atoms in total. The lowest BCUT2D eigenvalue weighted by Crippen LogP contribution is -2.44. The molecule has 11 heteroatoms. The Morgan fingerprint density at radius 2 is 1.91 bits per heavy atom. The highest BCUT2D eigenvalue weighted by Crippen LogP contribution is 2.40. The van der Waals surface area contributed by atoms with Crippen LogP contribution in [0.5, 0.6) is 0 Å². The molecular weight excluding hydrogens is 502 g/mol. The predicted molar refractivity (Wildman–Crippen MR) is 143 cm³/mol. The SMILES string of the molecule is CN1CCCC2CN(c3nc(Cl)c([Si](C)(C)C)cc3C(=O)NS(=O)(=O)c3cccc1n3)C(C)(C)C2. The number of fused-ring (bicyclic) bond motifs is 6. The van der Waals surface area contributed by atoms with Gasteiger partial charge in [-0.1, -0.05) is 37.3 Å². The normalized spacial score (nSPS) is 22.1. The minimum Gasteiger partial charge on any atom is -0.360 e. The Morgan fingerprint density at radius 3 is 2.60 bits per heavy atom. The molecule has 0 spiro atoms. The van der Waals surface area contributed by atoms with Crippen LogP contribution in [0, 0.1) is 5.92 Å². The fourth-order valence-corrected chi connectivity index (χ4v) is 8.23. The molecule has 2 aromatic rings. The molecule has 1 saturated heterocycles. The second-order valence-corrected chi connectivity index (χ2v) is 18.3. The van der Waals surface area contributed by atoms with Crippen LogP contribution in [0.3, 0.4) is 0 Å². The van der Waals surface area contributed by atoms with Crippen LogP contribution in [0.15, 0.2) is 29.3 Å². The number of hydrogen-bond donors (Lipinski definition) is 1. The minimum atomic E-state index is -4.20. The number of carbonyl (C=O) groups excluding carboxylic acids is 1. The zero-order valence-electron chi connectivity index (χ0n) is 21.2. The summed E-state index contributed by atoms with van der Waals surface area (Å²) < 4.78 is 28.6. The third kappa shape index (κ3) is 5.19. The highest BCUT2D eigenvalue weighted by molar-refractivity contribution is 7.90. The summed E-state index contributed by atoms with van der Waals surface area (Å²) in [5.74, 6) is 0.683. The maximum atomic E-state index is 13.6. The Morgan fingerprint density at radius 1 is 1.20 bits per heavy atom. The van der Waals surface area contributed by atoms with E-state index in [2.05, 4.69) is 48.1 Å². The monoisotopic (exact) mass is 535 g/mol. The number of rotatable bonds is 1. The van der Waals surface area contributed by atoms with Crippen molar-refractivity contribution in [3.63, 3.8) is 0 Å². The van der Waals surface area contributed by atoms with E-state index in [1.165, 1.54) is 6.07 Å². The van der Waals surface area contributed by atoms with Crippen LogP contribution in [-0.2, 0) is 10.0 Å². The van der Waals surface area contributed by atoms with Crippen molar-refractivity contribution in [2.45, 2.75) is 63.3 Å². The molecular formula is C24H34ClN5O3SSi. The van der Waals surface area contributed by atoms with Gasteiger partial charge in [0.2, 0.25) is 0 Å². The number of carbonyl (C=O) groups is 1. The summed E-state index contributed by atoms with van der Waals surface area (Å²) in [5, 5.41) is 1.01. The average molecular weight is 536 g/mol. The lowest BCUT2D eigenvalue weighted by Gasteiger charge is -2.34. The van der Waals surface area contributed by atoms with Crippen LogP contribution in [-0.4, -0.2) is 58.0 Å². The van der Waals surface area contributed by atoms with Crippen LogP contribution < -0.4 is 19.7 Å². The molecule has 1 amide bonds. The van der Waals surface area contributed by atoms with Gasteiger partial charge >= 0.3 is 0 Å². The molecule has 4 heterocycles. The summed E-state index contributed by atoms with van der Waals surface area (Å²) in [7, 11) is -4.27. The number of anilines is 2. The summed E-state index contributed by atoms with van der Waals surface area (Å²) >= 11 is 6.67. The van der Waals surface area contributed by atoms with E-state index in [0.717, 1.165) is 37.5 Å². The summed E-state index contributed by atoms with van der Waals surface area (Å²) in [6.45, 7) is 12.1. The van der Waals surface area contributed by atoms with Gasteiger partial charge < -0.3 is 9.80 Å². The number of nitrogens with zero attached hydrogens (tertiary/aromatic N) is 4. The molecule has 2 aliphatic rings. The Balaban J connectivity index is 1.89. The van der Waals surface area contributed by atoms with E-state index >= 15 is 0 Å². The van der Waals surface area contributed by atoms with Crippen LogP contribution in [0.25, 0.3) is 0 Å². The van der Waals surface area contributed by atoms with Crippen LogP contribution >= 0.6 is 11.6 Å². The Kier molecular flexibility index (Phi) is 6.69. The summed E-state index contributed by atoms with van der Waals surface area (Å²) in [5.41, 5.74) is -0.0306. The highest BCUT2D eigenvalue weighted by Gasteiger charge is 2.41. The van der Waals surface area contributed by atoms with Gasteiger partial charge in [0, 0.05) is 25.7 Å². The summed E-state index contributed by atoms with van der Waals surface area (Å²) in [4.78, 5) is 26.7. The first-order valence-corrected chi connectivity index (χ1v) is 17.3. The van der Waals surface area contributed by atoms with Crippen molar-refractivity contribution in [3.05, 3.63) is 35.0 Å². The zero-order valence-corrected chi connectivity index (χ0v) is 23.8. The summed E-state index contributed by atoms with van der Waals surface area (Å²) in [6, 6.07) is 6.57. The number of hydrogen-bond acceptors (Lipinski definition) is 7. The Bertz CT molecular complexity index is 1260. The van der Waals surface area contributed by atoms with Crippen molar-refractivity contribution in [3.8, 4) is 0 Å². The van der Waals surface area contributed by atoms with E-state index in [4.69, 9.17) is 16.6 Å². The molecule has 4 bridgehead atoms. The summed E-state index contributed by atoms with van der Waals surface area (Å²) in [6.07, 6.45) is 2.89. The van der Waals surface area contributed by atoms with Gasteiger partial charge in [-0.2, -0.15) is 8.42 Å². The standard InChI is InChI=1S/C24H34ClN5O3SSi/c1-24(2)14-16-9-8-12-29(3)19-10-7-11-20(26-19)34(32,33)28-23(31)17-13-18(35(4,5)6)21(25)27-22(17)30(24)15-16/h7,10-11,13,16H,8-9,12,14-15H2,1-6H3,(H,28,31). The molecule has 1 fully saturated rings. The fraction of sp³-hybridized carbons (Fsp3) is 0.542. The first-order chi connectivity index (χ1) is 16.2. The van der Waals surface area contributed by atoms with E-state index in [-0.39, 0.29) is 16.1 Å². The van der Waals surface area contributed by atoms with E-state index < -0.39 is 24.0 Å². The van der Waals surface area contributed by atoms with Gasteiger partial charge in [0.1, 0.15) is 16.8 Å². The Hall–Kier alpha value is -2.17. The van der Waals surface area contributed by atoms with Gasteiger partial charge in [-0.25, -0.2) is 14.7 Å². The number of aromatic nitrogens is 2. The highest BCUT2D eigenvalue weighted by atomic mass is 35.5. The lowest BCUT2D eigenvalue weighted by molar-refractivity contribution is 0.0981. The van der Waals surface area contributed by atoms with Crippen molar-refractivity contribution in [2.75, 3.05) is 29.9 Å². The second-order valence-electron chi connectivity index (χ2n) is 11.3. The first-order valence-electron chi connectivity index (χ1n) is 11.9. The van der Waals surface area contributed by atoms with Crippen molar-refractivity contribution >= 4 is 52.4 Å². The largest absolute Gasteiger partial charge is 0.360 e. The maximum Gasteiger partial charge on any atom is 0.281 e. The second kappa shape index (κ2) is 9.04. The first kappa shape index (κ1) is 25.9. The molecule has 1 atom stereocenters. The zero-order chi connectivity index (χ0) is 25.8. The molecule has 190 valence electrons. The van der Waals surface area contributed by atoms with Gasteiger partial charge in [0.25, 0.3) is 15.9 Å². The van der Waals surface area contributed by atoms with Gasteiger partial charge in [0.15, 0.2) is 5.03 Å². The topological polar surface area (TPSA) is 95.5 Å². The smallest absolute Gasteiger partial charge is 0.281 e. The fourth-order valence-electron chi connectivity index (χ4n) is 5.06. The van der Waals surface area contributed by atoms with Crippen molar-refractivity contribution < 1.29 is 13.2 Å². The average Bonchev–Trinajstić information content (AvgIpc) is 3.05. The number of halogens is 1. The quantitative estimate of drug-likeness (QED) is 0.440. The van der Waals surface area contributed by atoms with E-state index in [9.17, 15) is 13.2 Å². The molecule has 35 heavy (non-hydrogen) atoms. The van der Waals surface area contributed by atoms with E-state index in [1.807, 2.05) is 11.9 Å². The van der Waals surface area contributed by atoms with E-state index in [0.29, 0.717) is 22.7 Å². The molecule has 0 saturated carbocycles. The minimum absolute atomic E-state index is 0.193. The molecule has 1 N–H and O–H groups in total. The molecule has 4 rings (SSSR count). The number of sulfonamides is 1. The maximum absolute atomic E-state index is 13.6. The van der Waals surface area contributed by atoms with Crippen LogP contribution in [0.4, 0.5) is 11.6 Å². The van der Waals surface area contributed by atoms with Crippen molar-refractivity contribution in [2.24, 2.45) is 5.92 Å². The lowest BCUT2D eigenvalue weighted by atomic mass is 9.93. The van der Waals surface area contributed by atoms with Crippen molar-refractivity contribution in [1.82, 2.24) is 14.7 Å². The molecule has 1 unspecified atom stereocenters. The van der Waals surface area contributed by atoms with Gasteiger partial charge in [-0.05, 0) is 62.4 Å². The number of amides is 1. The van der Waals surface area contributed by atoms with Crippen LogP contribution in [0.1, 0.15) is 43.5 Å². The third-order valence-corrected chi connectivity index (χ3v) is 10.6. The molecule has 2 aliphatic heterocycles. The van der Waals surface area contributed by atoms with E-state index in [1.54, 1.807) is 18.2 Å². The molecule has 0 radical (unpaired) electrons. The Labute approximate surface area is 214 Å². The third-order valence-electron chi connectivity index (χ3n) is 6.93. The van der Waals surface area contributed by atoms with Crippen molar-refractivity contribution in [1.29, 1.82) is 0 Å². The van der Waals surface area contributed by atoms with Gasteiger partial charge in [-0.15, -0.1) is 0 Å². The van der Waals surface area contributed by atoms with Gasteiger partial charge in [0.05, 0.1) is 13.6 Å². The predicted octanol–water partition coefficient (Wildman–Crippen LogP) is 3.63.